The van der Waals surface area contributed by atoms with Crippen LogP contribution in [0.1, 0.15) is 18.5 Å². The Labute approximate surface area is 132 Å². The number of benzene rings is 1. The Morgan fingerprint density at radius 2 is 1.86 bits per heavy atom. The van der Waals surface area contributed by atoms with Gasteiger partial charge in [0.15, 0.2) is 14.9 Å². The summed E-state index contributed by atoms with van der Waals surface area (Å²) in [6.45, 7) is 3.66. The van der Waals surface area contributed by atoms with E-state index in [4.69, 9.17) is 12.2 Å². The van der Waals surface area contributed by atoms with Gasteiger partial charge >= 0.3 is 0 Å². The van der Waals surface area contributed by atoms with E-state index < -0.39 is 9.84 Å². The fraction of sp³-hybridized carbons (Fsp3) is 0.500. The highest BCUT2D eigenvalue weighted by molar-refractivity contribution is 7.90. The summed E-state index contributed by atoms with van der Waals surface area (Å²) in [6, 6.07) is 6.85. The number of rotatable bonds is 6. The van der Waals surface area contributed by atoms with Crippen LogP contribution in [0.4, 0.5) is 0 Å². The summed E-state index contributed by atoms with van der Waals surface area (Å²) in [5, 5.41) is 6.91. The molecule has 0 saturated heterocycles. The Morgan fingerprint density at radius 1 is 1.29 bits per heavy atom. The van der Waals surface area contributed by atoms with Gasteiger partial charge < -0.3 is 15.5 Å². The highest BCUT2D eigenvalue weighted by Crippen LogP contribution is 2.16. The zero-order valence-electron chi connectivity index (χ0n) is 12.9. The molecule has 0 amide bonds. The van der Waals surface area contributed by atoms with Crippen LogP contribution < -0.4 is 10.6 Å². The first-order valence-corrected chi connectivity index (χ1v) is 8.99. The Hall–Kier alpha value is -1.18. The highest BCUT2D eigenvalue weighted by atomic mass is 32.2. The molecule has 2 N–H and O–H groups in total. The van der Waals surface area contributed by atoms with Crippen LogP contribution in [-0.4, -0.2) is 51.9 Å². The predicted octanol–water partition coefficient (Wildman–Crippen LogP) is 1.18. The standard InChI is InChI=1S/C14H23N3O2S2/c1-11(16-14(20)15-9-10-17(2)3)12-5-7-13(8-6-12)21(4,18)19/h5-8,11H,9-10H2,1-4H3,(H2,15,16,20)/t11-/m1/s1. The van der Waals surface area contributed by atoms with Gasteiger partial charge in [-0.25, -0.2) is 8.42 Å². The van der Waals surface area contributed by atoms with E-state index in [1.165, 1.54) is 6.26 Å². The molecule has 5 nitrogen and oxygen atoms in total. The number of nitrogens with zero attached hydrogens (tertiary/aromatic N) is 1. The van der Waals surface area contributed by atoms with Gasteiger partial charge in [-0.15, -0.1) is 0 Å². The zero-order valence-corrected chi connectivity index (χ0v) is 14.5. The van der Waals surface area contributed by atoms with Crippen molar-refractivity contribution >= 4 is 27.2 Å². The van der Waals surface area contributed by atoms with E-state index >= 15 is 0 Å². The van der Waals surface area contributed by atoms with Crippen molar-refractivity contribution in [3.63, 3.8) is 0 Å². The minimum atomic E-state index is -3.15. The van der Waals surface area contributed by atoms with Crippen LogP contribution in [0.5, 0.6) is 0 Å². The number of hydrogen-bond donors (Lipinski definition) is 2. The zero-order chi connectivity index (χ0) is 16.0. The van der Waals surface area contributed by atoms with Crippen molar-refractivity contribution < 1.29 is 8.42 Å². The normalized spacial score (nSPS) is 13.0. The van der Waals surface area contributed by atoms with E-state index in [0.29, 0.717) is 10.0 Å². The smallest absolute Gasteiger partial charge is 0.175 e. The Kier molecular flexibility index (Phi) is 6.57. The molecule has 0 aliphatic heterocycles. The first kappa shape index (κ1) is 17.9. The lowest BCUT2D eigenvalue weighted by atomic mass is 10.1. The predicted molar refractivity (Wildman–Crippen MR) is 90.3 cm³/mol. The molecule has 0 heterocycles. The molecule has 1 aromatic carbocycles. The number of nitrogens with one attached hydrogen (secondary N) is 2. The molecule has 0 saturated carbocycles. The van der Waals surface area contributed by atoms with Crippen LogP contribution in [0.25, 0.3) is 0 Å². The van der Waals surface area contributed by atoms with E-state index in [9.17, 15) is 8.42 Å². The molecule has 0 aliphatic rings. The molecular formula is C14H23N3O2S2. The topological polar surface area (TPSA) is 61.4 Å². The van der Waals surface area contributed by atoms with Crippen LogP contribution in [-0.2, 0) is 9.84 Å². The minimum absolute atomic E-state index is 0.0120. The fourth-order valence-electron chi connectivity index (χ4n) is 1.73. The molecule has 1 aromatic rings. The van der Waals surface area contributed by atoms with Crippen molar-refractivity contribution in [2.75, 3.05) is 33.4 Å². The molecule has 7 heteroatoms. The first-order valence-electron chi connectivity index (χ1n) is 6.69. The van der Waals surface area contributed by atoms with Crippen LogP contribution in [0.3, 0.4) is 0 Å². The maximum atomic E-state index is 11.4. The summed E-state index contributed by atoms with van der Waals surface area (Å²) in [5.74, 6) is 0. The number of hydrogen-bond acceptors (Lipinski definition) is 4. The average Bonchev–Trinajstić information content (AvgIpc) is 2.37. The molecule has 0 radical (unpaired) electrons. The van der Waals surface area contributed by atoms with Crippen LogP contribution in [0.2, 0.25) is 0 Å². The third-order valence-electron chi connectivity index (χ3n) is 3.00. The number of likely N-dealkylation sites (N-methyl/N-ethyl adjacent to an activating group) is 1. The van der Waals surface area contributed by atoms with Gasteiger partial charge in [0.1, 0.15) is 0 Å². The second-order valence-corrected chi connectivity index (χ2v) is 7.69. The first-order chi connectivity index (χ1) is 9.70. The summed E-state index contributed by atoms with van der Waals surface area (Å²) < 4.78 is 22.8. The molecule has 0 bridgehead atoms. The Bertz CT molecular complexity index is 568. The second-order valence-electron chi connectivity index (χ2n) is 5.27. The summed E-state index contributed by atoms with van der Waals surface area (Å²) >= 11 is 5.23. The van der Waals surface area contributed by atoms with Crippen molar-refractivity contribution in [2.24, 2.45) is 0 Å². The third kappa shape index (κ3) is 6.41. The van der Waals surface area contributed by atoms with E-state index in [1.807, 2.05) is 21.0 Å². The second kappa shape index (κ2) is 7.72. The van der Waals surface area contributed by atoms with Crippen LogP contribution in [0, 0.1) is 0 Å². The third-order valence-corrected chi connectivity index (χ3v) is 4.39. The van der Waals surface area contributed by atoms with Gasteiger partial charge in [-0.05, 0) is 50.9 Å². The van der Waals surface area contributed by atoms with E-state index in [0.717, 1.165) is 18.7 Å². The lowest BCUT2D eigenvalue weighted by Gasteiger charge is -2.18. The van der Waals surface area contributed by atoms with Gasteiger partial charge in [-0.2, -0.15) is 0 Å². The Balaban J connectivity index is 2.55. The van der Waals surface area contributed by atoms with Crippen LogP contribution in [0.15, 0.2) is 29.2 Å². The molecular weight excluding hydrogens is 306 g/mol. The van der Waals surface area contributed by atoms with Gasteiger partial charge in [0.05, 0.1) is 10.9 Å². The SMILES string of the molecule is C[C@@H](NC(=S)NCCN(C)C)c1ccc(S(C)(=O)=O)cc1. The molecule has 0 fully saturated rings. The summed E-state index contributed by atoms with van der Waals surface area (Å²) in [7, 11) is 0.856. The number of thiocarbonyl (C=S) groups is 1. The Morgan fingerprint density at radius 3 is 2.33 bits per heavy atom. The van der Waals surface area contributed by atoms with Crippen molar-refractivity contribution in [1.82, 2.24) is 15.5 Å². The molecule has 0 spiro atoms. The highest BCUT2D eigenvalue weighted by Gasteiger charge is 2.10. The molecule has 118 valence electrons. The van der Waals surface area contributed by atoms with Gasteiger partial charge in [-0.3, -0.25) is 0 Å². The molecule has 1 rings (SSSR count). The molecule has 0 aliphatic carbocycles. The average molecular weight is 329 g/mol. The monoisotopic (exact) mass is 329 g/mol. The van der Waals surface area contributed by atoms with Crippen LogP contribution >= 0.6 is 12.2 Å². The maximum Gasteiger partial charge on any atom is 0.175 e. The number of sulfone groups is 1. The van der Waals surface area contributed by atoms with Crippen molar-refractivity contribution in [1.29, 1.82) is 0 Å². The minimum Gasteiger partial charge on any atom is -0.361 e. The lowest BCUT2D eigenvalue weighted by Crippen LogP contribution is -2.39. The van der Waals surface area contributed by atoms with Gasteiger partial charge in [-0.1, -0.05) is 12.1 Å². The molecule has 0 aromatic heterocycles. The molecule has 1 atom stereocenters. The summed E-state index contributed by atoms with van der Waals surface area (Å²) in [5.41, 5.74) is 0.985. The quantitative estimate of drug-likeness (QED) is 0.764. The molecule has 21 heavy (non-hydrogen) atoms. The van der Waals surface area contributed by atoms with E-state index in [1.54, 1.807) is 24.3 Å². The summed E-state index contributed by atoms with van der Waals surface area (Å²) in [4.78, 5) is 2.40. The largest absolute Gasteiger partial charge is 0.361 e. The lowest BCUT2D eigenvalue weighted by molar-refractivity contribution is 0.412. The molecule has 0 unspecified atom stereocenters. The van der Waals surface area contributed by atoms with E-state index in [-0.39, 0.29) is 6.04 Å². The van der Waals surface area contributed by atoms with E-state index in [2.05, 4.69) is 15.5 Å². The van der Waals surface area contributed by atoms with Crippen molar-refractivity contribution in [3.05, 3.63) is 29.8 Å². The maximum absolute atomic E-state index is 11.4. The van der Waals surface area contributed by atoms with Gasteiger partial charge in [0.2, 0.25) is 0 Å². The fourth-order valence-corrected chi connectivity index (χ4v) is 2.64. The van der Waals surface area contributed by atoms with Gasteiger partial charge in [0, 0.05) is 19.3 Å². The van der Waals surface area contributed by atoms with Crippen molar-refractivity contribution in [2.45, 2.75) is 17.9 Å². The van der Waals surface area contributed by atoms with Crippen molar-refractivity contribution in [3.8, 4) is 0 Å². The summed E-state index contributed by atoms with van der Waals surface area (Å²) in [6.07, 6.45) is 1.20. The van der Waals surface area contributed by atoms with Gasteiger partial charge in [0.25, 0.3) is 0 Å².